The Bertz CT molecular complexity index is 759. The van der Waals surface area contributed by atoms with Crippen molar-refractivity contribution in [2.75, 3.05) is 5.32 Å². The Labute approximate surface area is 134 Å². The molecule has 1 nitrogen and oxygen atoms in total. The van der Waals surface area contributed by atoms with E-state index in [1.807, 2.05) is 11.3 Å². The lowest BCUT2D eigenvalue weighted by Crippen LogP contribution is -2.15. The Balaban J connectivity index is 1.65. The predicted molar refractivity (Wildman–Crippen MR) is 93.1 cm³/mol. The average Bonchev–Trinajstić information content (AvgIpc) is 3.04. The van der Waals surface area contributed by atoms with Gasteiger partial charge in [-0.15, -0.1) is 22.7 Å². The minimum atomic E-state index is 0.456. The van der Waals surface area contributed by atoms with Crippen LogP contribution in [0.2, 0.25) is 0 Å². The van der Waals surface area contributed by atoms with Crippen LogP contribution in [0.5, 0.6) is 0 Å². The molecule has 1 N–H and O–H groups in total. The summed E-state index contributed by atoms with van der Waals surface area (Å²) in [5, 5.41) is 7.21. The molecule has 3 aromatic rings. The van der Waals surface area contributed by atoms with Crippen LogP contribution in [0.15, 0.2) is 39.5 Å². The van der Waals surface area contributed by atoms with Gasteiger partial charge in [-0.2, -0.15) is 0 Å². The van der Waals surface area contributed by atoms with Gasteiger partial charge in [0, 0.05) is 15.3 Å². The Morgan fingerprint density at radius 2 is 2.15 bits per heavy atom. The summed E-state index contributed by atoms with van der Waals surface area (Å²) in [6, 6.07) is 11.6. The molecule has 0 fully saturated rings. The Hall–Kier alpha value is -0.840. The van der Waals surface area contributed by atoms with Gasteiger partial charge in [-0.05, 0) is 81.9 Å². The molecule has 20 heavy (non-hydrogen) atoms. The van der Waals surface area contributed by atoms with E-state index in [9.17, 15) is 0 Å². The van der Waals surface area contributed by atoms with Gasteiger partial charge in [0.15, 0.2) is 0 Å². The summed E-state index contributed by atoms with van der Waals surface area (Å²) >= 11 is 7.31. The number of hydrogen-bond acceptors (Lipinski definition) is 3. The Morgan fingerprint density at radius 1 is 1.20 bits per heavy atom. The standard InChI is InChI=1S/C16H14BrNS2/c17-16-9-12-13(2-1-3-15(12)20-16)18-11-4-5-14-10(8-11)6-7-19-14/h4-9,13,18H,1-3H2. The molecule has 1 atom stereocenters. The molecular formula is C16H14BrNS2. The SMILES string of the molecule is Brc1cc2c(s1)CCCC2Nc1ccc2sccc2c1. The van der Waals surface area contributed by atoms with Crippen LogP contribution in [0.4, 0.5) is 5.69 Å². The topological polar surface area (TPSA) is 12.0 Å². The molecule has 1 aliphatic carbocycles. The van der Waals surface area contributed by atoms with Crippen molar-refractivity contribution in [1.82, 2.24) is 0 Å². The molecule has 1 aromatic carbocycles. The van der Waals surface area contributed by atoms with Gasteiger partial charge >= 0.3 is 0 Å². The number of thiophene rings is 2. The third-order valence-corrected chi connectivity index (χ3v) is 6.49. The predicted octanol–water partition coefficient (Wildman–Crippen LogP) is 6.21. The van der Waals surface area contributed by atoms with Gasteiger partial charge in [0.05, 0.1) is 9.83 Å². The van der Waals surface area contributed by atoms with E-state index >= 15 is 0 Å². The molecular weight excluding hydrogens is 350 g/mol. The van der Waals surface area contributed by atoms with E-state index in [2.05, 4.69) is 57.0 Å². The fraction of sp³-hybridized carbons (Fsp3) is 0.250. The van der Waals surface area contributed by atoms with Crippen LogP contribution in [0.25, 0.3) is 10.1 Å². The van der Waals surface area contributed by atoms with Crippen molar-refractivity contribution in [3.05, 3.63) is 49.9 Å². The summed E-state index contributed by atoms with van der Waals surface area (Å²) < 4.78 is 2.61. The molecule has 0 saturated carbocycles. The summed E-state index contributed by atoms with van der Waals surface area (Å²) in [6.45, 7) is 0. The zero-order valence-corrected chi connectivity index (χ0v) is 14.1. The molecule has 4 heteroatoms. The Kier molecular flexibility index (Phi) is 3.33. The van der Waals surface area contributed by atoms with Crippen molar-refractivity contribution in [1.29, 1.82) is 0 Å². The summed E-state index contributed by atoms with van der Waals surface area (Å²) in [7, 11) is 0. The number of halogens is 1. The lowest BCUT2D eigenvalue weighted by Gasteiger charge is -2.24. The van der Waals surface area contributed by atoms with Crippen LogP contribution in [0, 0.1) is 0 Å². The normalized spacial score (nSPS) is 18.1. The van der Waals surface area contributed by atoms with E-state index in [0.717, 1.165) is 0 Å². The van der Waals surface area contributed by atoms with Crippen LogP contribution < -0.4 is 5.32 Å². The summed E-state index contributed by atoms with van der Waals surface area (Å²) in [5.74, 6) is 0. The first-order chi connectivity index (χ1) is 9.79. The molecule has 4 rings (SSSR count). The van der Waals surface area contributed by atoms with Crippen LogP contribution in [-0.2, 0) is 6.42 Å². The van der Waals surface area contributed by atoms with E-state index in [1.54, 1.807) is 11.3 Å². The number of benzene rings is 1. The maximum absolute atomic E-state index is 3.72. The number of nitrogens with one attached hydrogen (secondary N) is 1. The van der Waals surface area contributed by atoms with Crippen molar-refractivity contribution in [3.8, 4) is 0 Å². The molecule has 2 heterocycles. The van der Waals surface area contributed by atoms with Gasteiger partial charge in [0.2, 0.25) is 0 Å². The van der Waals surface area contributed by atoms with Crippen LogP contribution in [-0.4, -0.2) is 0 Å². The molecule has 0 radical (unpaired) electrons. The molecule has 0 aliphatic heterocycles. The number of fused-ring (bicyclic) bond motifs is 2. The van der Waals surface area contributed by atoms with Gasteiger partial charge in [-0.1, -0.05) is 0 Å². The van der Waals surface area contributed by atoms with Crippen LogP contribution >= 0.6 is 38.6 Å². The van der Waals surface area contributed by atoms with Crippen molar-refractivity contribution in [2.45, 2.75) is 25.3 Å². The molecule has 0 bridgehead atoms. The van der Waals surface area contributed by atoms with Crippen molar-refractivity contribution >= 4 is 54.4 Å². The molecule has 2 aromatic heterocycles. The first kappa shape index (κ1) is 12.9. The Morgan fingerprint density at radius 3 is 3.10 bits per heavy atom. The van der Waals surface area contributed by atoms with Crippen molar-refractivity contribution in [2.24, 2.45) is 0 Å². The summed E-state index contributed by atoms with van der Waals surface area (Å²) in [4.78, 5) is 1.54. The highest BCUT2D eigenvalue weighted by molar-refractivity contribution is 9.11. The van der Waals surface area contributed by atoms with Crippen LogP contribution in [0.1, 0.15) is 29.3 Å². The fourth-order valence-electron chi connectivity index (χ4n) is 2.93. The smallest absolute Gasteiger partial charge is 0.0705 e. The quantitative estimate of drug-likeness (QED) is 0.570. The number of anilines is 1. The zero-order valence-electron chi connectivity index (χ0n) is 10.9. The first-order valence-electron chi connectivity index (χ1n) is 6.81. The van der Waals surface area contributed by atoms with Crippen LogP contribution in [0.3, 0.4) is 0 Å². The van der Waals surface area contributed by atoms with Gasteiger partial charge in [-0.3, -0.25) is 0 Å². The number of hydrogen-bond donors (Lipinski definition) is 1. The van der Waals surface area contributed by atoms with Gasteiger partial charge in [-0.25, -0.2) is 0 Å². The maximum atomic E-state index is 3.72. The lowest BCUT2D eigenvalue weighted by atomic mass is 9.94. The molecule has 0 amide bonds. The lowest BCUT2D eigenvalue weighted by molar-refractivity contribution is 0.609. The first-order valence-corrected chi connectivity index (χ1v) is 9.30. The summed E-state index contributed by atoms with van der Waals surface area (Å²) in [6.07, 6.45) is 3.73. The number of rotatable bonds is 2. The minimum absolute atomic E-state index is 0.456. The molecule has 1 unspecified atom stereocenters. The molecule has 1 aliphatic rings. The third-order valence-electron chi connectivity index (χ3n) is 3.88. The van der Waals surface area contributed by atoms with Crippen molar-refractivity contribution < 1.29 is 0 Å². The van der Waals surface area contributed by atoms with E-state index in [4.69, 9.17) is 0 Å². The largest absolute Gasteiger partial charge is 0.378 e. The maximum Gasteiger partial charge on any atom is 0.0705 e. The molecule has 0 saturated heterocycles. The molecule has 102 valence electrons. The fourth-order valence-corrected chi connectivity index (χ4v) is 5.52. The summed E-state index contributed by atoms with van der Waals surface area (Å²) in [5.41, 5.74) is 2.72. The van der Waals surface area contributed by atoms with Gasteiger partial charge in [0.1, 0.15) is 0 Å². The van der Waals surface area contributed by atoms with Gasteiger partial charge < -0.3 is 5.32 Å². The van der Waals surface area contributed by atoms with E-state index in [0.29, 0.717) is 6.04 Å². The second kappa shape index (κ2) is 5.17. The zero-order chi connectivity index (χ0) is 13.5. The van der Waals surface area contributed by atoms with E-state index < -0.39 is 0 Å². The molecule has 0 spiro atoms. The van der Waals surface area contributed by atoms with E-state index in [1.165, 1.54) is 49.3 Å². The van der Waals surface area contributed by atoms with Crippen molar-refractivity contribution in [3.63, 3.8) is 0 Å². The highest BCUT2D eigenvalue weighted by atomic mass is 79.9. The monoisotopic (exact) mass is 363 g/mol. The highest BCUT2D eigenvalue weighted by Gasteiger charge is 2.22. The minimum Gasteiger partial charge on any atom is -0.378 e. The van der Waals surface area contributed by atoms with E-state index in [-0.39, 0.29) is 0 Å². The number of aryl methyl sites for hydroxylation is 1. The second-order valence-electron chi connectivity index (χ2n) is 5.19. The highest BCUT2D eigenvalue weighted by Crippen LogP contribution is 2.39. The van der Waals surface area contributed by atoms with Gasteiger partial charge in [0.25, 0.3) is 0 Å². The second-order valence-corrected chi connectivity index (χ2v) is 8.66. The average molecular weight is 364 g/mol. The third kappa shape index (κ3) is 2.30.